The van der Waals surface area contributed by atoms with E-state index in [1.165, 1.54) is 0 Å². The topological polar surface area (TPSA) is 49.3 Å². The van der Waals surface area contributed by atoms with Gasteiger partial charge in [-0.25, -0.2) is 0 Å². The molecular formula is C13H19NO2. The van der Waals surface area contributed by atoms with Crippen molar-refractivity contribution in [1.82, 2.24) is 0 Å². The van der Waals surface area contributed by atoms with Gasteiger partial charge in [-0.2, -0.15) is 0 Å². The number of anilines is 1. The number of aromatic hydroxyl groups is 1. The van der Waals surface area contributed by atoms with Crippen LogP contribution in [0.15, 0.2) is 24.3 Å². The largest absolute Gasteiger partial charge is 0.508 e. The van der Waals surface area contributed by atoms with Gasteiger partial charge in [0, 0.05) is 12.1 Å². The molecule has 0 bridgehead atoms. The van der Waals surface area contributed by atoms with E-state index in [1.54, 1.807) is 24.3 Å². The van der Waals surface area contributed by atoms with Crippen molar-refractivity contribution in [3.05, 3.63) is 24.3 Å². The molecule has 3 nitrogen and oxygen atoms in total. The van der Waals surface area contributed by atoms with E-state index in [9.17, 15) is 4.79 Å². The van der Waals surface area contributed by atoms with Crippen molar-refractivity contribution in [3.8, 4) is 5.75 Å². The van der Waals surface area contributed by atoms with Crippen LogP contribution in [-0.4, -0.2) is 11.0 Å². The lowest BCUT2D eigenvalue weighted by Crippen LogP contribution is -2.21. The summed E-state index contributed by atoms with van der Waals surface area (Å²) in [5.41, 5.74) is 0.746. The predicted molar refractivity (Wildman–Crippen MR) is 65.4 cm³/mol. The maximum atomic E-state index is 11.7. The maximum Gasteiger partial charge on any atom is 0.224 e. The SMILES string of the molecule is CCC(C)(C)CC(=O)Nc1ccc(O)cc1. The molecule has 0 atom stereocenters. The van der Waals surface area contributed by atoms with Crippen molar-refractivity contribution in [2.45, 2.75) is 33.6 Å². The highest BCUT2D eigenvalue weighted by Gasteiger charge is 2.19. The Hall–Kier alpha value is -1.51. The molecule has 0 aliphatic carbocycles. The van der Waals surface area contributed by atoms with Crippen LogP contribution in [0, 0.1) is 5.41 Å². The average molecular weight is 221 g/mol. The summed E-state index contributed by atoms with van der Waals surface area (Å²) < 4.78 is 0. The Morgan fingerprint density at radius 2 is 1.88 bits per heavy atom. The van der Waals surface area contributed by atoms with E-state index in [0.717, 1.165) is 12.1 Å². The first-order valence-corrected chi connectivity index (χ1v) is 5.52. The number of rotatable bonds is 4. The summed E-state index contributed by atoms with van der Waals surface area (Å²) in [6.45, 7) is 6.22. The molecule has 0 saturated carbocycles. The summed E-state index contributed by atoms with van der Waals surface area (Å²) in [7, 11) is 0. The molecular weight excluding hydrogens is 202 g/mol. The first-order chi connectivity index (χ1) is 7.43. The normalized spacial score (nSPS) is 11.2. The number of benzene rings is 1. The number of phenols is 1. The Morgan fingerprint density at radius 1 is 1.31 bits per heavy atom. The molecule has 1 amide bonds. The zero-order valence-corrected chi connectivity index (χ0v) is 10.1. The summed E-state index contributed by atoms with van der Waals surface area (Å²) in [4.78, 5) is 11.7. The minimum atomic E-state index is 0.0116. The molecule has 3 heteroatoms. The van der Waals surface area contributed by atoms with Gasteiger partial charge in [0.15, 0.2) is 0 Å². The molecule has 0 radical (unpaired) electrons. The van der Waals surface area contributed by atoms with Crippen LogP contribution in [-0.2, 0) is 4.79 Å². The average Bonchev–Trinajstić information content (AvgIpc) is 2.21. The minimum Gasteiger partial charge on any atom is -0.508 e. The van der Waals surface area contributed by atoms with Crippen LogP contribution in [0.5, 0.6) is 5.75 Å². The Bertz CT molecular complexity index is 355. The molecule has 0 heterocycles. The molecule has 88 valence electrons. The monoisotopic (exact) mass is 221 g/mol. The summed E-state index contributed by atoms with van der Waals surface area (Å²) in [5, 5.41) is 11.9. The quantitative estimate of drug-likeness (QED) is 0.767. The van der Waals surface area contributed by atoms with E-state index < -0.39 is 0 Å². The standard InChI is InChI=1S/C13H19NO2/c1-4-13(2,3)9-12(16)14-10-5-7-11(15)8-6-10/h5-8,15H,4,9H2,1-3H3,(H,14,16). The first-order valence-electron chi connectivity index (χ1n) is 5.52. The first kappa shape index (κ1) is 12.6. The smallest absolute Gasteiger partial charge is 0.224 e. The second-order valence-corrected chi connectivity index (χ2v) is 4.79. The van der Waals surface area contributed by atoms with Gasteiger partial charge in [-0.15, -0.1) is 0 Å². The van der Waals surface area contributed by atoms with Gasteiger partial charge in [0.2, 0.25) is 5.91 Å². The van der Waals surface area contributed by atoms with Crippen molar-refractivity contribution >= 4 is 11.6 Å². The Balaban J connectivity index is 2.55. The number of phenolic OH excluding ortho intramolecular Hbond substituents is 1. The number of carbonyl (C=O) groups is 1. The Morgan fingerprint density at radius 3 is 2.38 bits per heavy atom. The van der Waals surface area contributed by atoms with Crippen LogP contribution in [0.2, 0.25) is 0 Å². The van der Waals surface area contributed by atoms with Gasteiger partial charge < -0.3 is 10.4 Å². The molecule has 0 aliphatic rings. The molecule has 0 unspecified atom stereocenters. The third-order valence-electron chi connectivity index (χ3n) is 2.75. The Kier molecular flexibility index (Phi) is 3.93. The summed E-state index contributed by atoms with van der Waals surface area (Å²) in [6.07, 6.45) is 1.47. The molecule has 0 saturated heterocycles. The molecule has 2 N–H and O–H groups in total. The number of hydrogen-bond donors (Lipinski definition) is 2. The third kappa shape index (κ3) is 3.93. The molecule has 0 aromatic heterocycles. The molecule has 1 rings (SSSR count). The van der Waals surface area contributed by atoms with E-state index in [-0.39, 0.29) is 17.1 Å². The van der Waals surface area contributed by atoms with Crippen LogP contribution in [0.1, 0.15) is 33.6 Å². The third-order valence-corrected chi connectivity index (χ3v) is 2.75. The van der Waals surface area contributed by atoms with Crippen LogP contribution in [0.25, 0.3) is 0 Å². The minimum absolute atomic E-state index is 0.0116. The fraction of sp³-hybridized carbons (Fsp3) is 0.462. The van der Waals surface area contributed by atoms with E-state index in [2.05, 4.69) is 26.1 Å². The number of amides is 1. The lowest BCUT2D eigenvalue weighted by molar-refractivity contribution is -0.118. The van der Waals surface area contributed by atoms with E-state index in [0.29, 0.717) is 6.42 Å². The van der Waals surface area contributed by atoms with Gasteiger partial charge in [0.25, 0.3) is 0 Å². The van der Waals surface area contributed by atoms with E-state index in [4.69, 9.17) is 5.11 Å². The molecule has 0 fully saturated rings. The lowest BCUT2D eigenvalue weighted by atomic mass is 9.86. The van der Waals surface area contributed by atoms with E-state index in [1.807, 2.05) is 0 Å². The molecule has 1 aromatic rings. The number of nitrogens with one attached hydrogen (secondary N) is 1. The van der Waals surface area contributed by atoms with Gasteiger partial charge in [-0.05, 0) is 29.7 Å². The fourth-order valence-electron chi connectivity index (χ4n) is 1.31. The highest BCUT2D eigenvalue weighted by Crippen LogP contribution is 2.25. The molecule has 0 aliphatic heterocycles. The number of hydrogen-bond acceptors (Lipinski definition) is 2. The molecule has 1 aromatic carbocycles. The second kappa shape index (κ2) is 5.01. The van der Waals surface area contributed by atoms with Crippen molar-refractivity contribution in [2.75, 3.05) is 5.32 Å². The zero-order chi connectivity index (χ0) is 12.2. The lowest BCUT2D eigenvalue weighted by Gasteiger charge is -2.21. The summed E-state index contributed by atoms with van der Waals surface area (Å²) in [5.74, 6) is 0.212. The fourth-order valence-corrected chi connectivity index (χ4v) is 1.31. The van der Waals surface area contributed by atoms with Crippen LogP contribution >= 0.6 is 0 Å². The van der Waals surface area contributed by atoms with Crippen LogP contribution in [0.3, 0.4) is 0 Å². The van der Waals surface area contributed by atoms with Gasteiger partial charge in [0.1, 0.15) is 5.75 Å². The summed E-state index contributed by atoms with van der Waals surface area (Å²) in [6, 6.07) is 6.49. The Labute approximate surface area is 96.5 Å². The second-order valence-electron chi connectivity index (χ2n) is 4.79. The van der Waals surface area contributed by atoms with Crippen molar-refractivity contribution < 1.29 is 9.90 Å². The van der Waals surface area contributed by atoms with Gasteiger partial charge in [0.05, 0.1) is 0 Å². The van der Waals surface area contributed by atoms with E-state index >= 15 is 0 Å². The molecule has 0 spiro atoms. The van der Waals surface area contributed by atoms with Gasteiger partial charge >= 0.3 is 0 Å². The van der Waals surface area contributed by atoms with Crippen molar-refractivity contribution in [2.24, 2.45) is 5.41 Å². The van der Waals surface area contributed by atoms with Crippen molar-refractivity contribution in [1.29, 1.82) is 0 Å². The molecule has 16 heavy (non-hydrogen) atoms. The maximum absolute atomic E-state index is 11.7. The summed E-state index contributed by atoms with van der Waals surface area (Å²) >= 11 is 0. The highest BCUT2D eigenvalue weighted by atomic mass is 16.3. The van der Waals surface area contributed by atoms with Gasteiger partial charge in [-0.1, -0.05) is 27.2 Å². The van der Waals surface area contributed by atoms with Gasteiger partial charge in [-0.3, -0.25) is 4.79 Å². The number of carbonyl (C=O) groups excluding carboxylic acids is 1. The van der Waals surface area contributed by atoms with Crippen LogP contribution < -0.4 is 5.32 Å². The predicted octanol–water partition coefficient (Wildman–Crippen LogP) is 3.16. The zero-order valence-electron chi connectivity index (χ0n) is 10.1. The highest BCUT2D eigenvalue weighted by molar-refractivity contribution is 5.91. The van der Waals surface area contributed by atoms with Crippen molar-refractivity contribution in [3.63, 3.8) is 0 Å². The van der Waals surface area contributed by atoms with Crippen LogP contribution in [0.4, 0.5) is 5.69 Å².